The predicted octanol–water partition coefficient (Wildman–Crippen LogP) is 10.5. The molecule has 178 valence electrons. The van der Waals surface area contributed by atoms with E-state index in [1.807, 2.05) is 30.3 Å². The Bertz CT molecular complexity index is 2240. The molecule has 2 aliphatic rings. The van der Waals surface area contributed by atoms with Crippen LogP contribution >= 0.6 is 34.8 Å². The van der Waals surface area contributed by atoms with Crippen LogP contribution < -0.4 is 0 Å². The summed E-state index contributed by atoms with van der Waals surface area (Å²) in [4.78, 5) is 13.6. The Hall–Kier alpha value is -3.62. The number of rotatable bonds is 0. The third kappa shape index (κ3) is 2.40. The minimum atomic E-state index is 0.0943. The normalized spacial score (nSPS) is 13.6. The third-order valence-corrected chi connectivity index (χ3v) is 9.92. The molecule has 0 saturated carbocycles. The number of benzene rings is 7. The number of fused-ring (bicyclic) bond motifs is 6. The zero-order valence-corrected chi connectivity index (χ0v) is 22.0. The molecule has 0 amide bonds. The van der Waals surface area contributed by atoms with Gasteiger partial charge in [-0.25, -0.2) is 0 Å². The molecule has 7 aromatic carbocycles. The van der Waals surface area contributed by atoms with E-state index >= 15 is 0 Å². The van der Waals surface area contributed by atoms with Crippen molar-refractivity contribution in [3.05, 3.63) is 116 Å². The Morgan fingerprint density at radius 3 is 1.79 bits per heavy atom. The topological polar surface area (TPSA) is 17.1 Å². The largest absolute Gasteiger partial charge is 0.289 e. The van der Waals surface area contributed by atoms with Crippen molar-refractivity contribution in [1.29, 1.82) is 0 Å². The molecule has 0 aromatic heterocycles. The van der Waals surface area contributed by atoms with Gasteiger partial charge in [0.15, 0.2) is 5.78 Å². The molecule has 38 heavy (non-hydrogen) atoms. The van der Waals surface area contributed by atoms with Crippen molar-refractivity contribution in [2.45, 2.75) is 6.42 Å². The quantitative estimate of drug-likeness (QED) is 0.105. The lowest BCUT2D eigenvalue weighted by Gasteiger charge is -2.26. The van der Waals surface area contributed by atoms with Crippen LogP contribution in [0.15, 0.2) is 78.9 Å². The summed E-state index contributed by atoms with van der Waals surface area (Å²) in [7, 11) is 0. The SMILES string of the molecule is O=C1c2ccccc2-c2ccc3c4ccc5c6c(ccc(c7ccc1c2c73)c64)-c1cc(Cl)c(Cl)c(Cl)c1C5. The first kappa shape index (κ1) is 21.3. The Kier molecular flexibility index (Phi) is 3.97. The van der Waals surface area contributed by atoms with Gasteiger partial charge in [-0.05, 0) is 83.2 Å². The van der Waals surface area contributed by atoms with E-state index in [-0.39, 0.29) is 5.78 Å². The zero-order chi connectivity index (χ0) is 25.4. The van der Waals surface area contributed by atoms with Crippen molar-refractivity contribution in [3.63, 3.8) is 0 Å². The standard InChI is InChI=1S/C34H15Cl3O/c35-27-14-25-22-10-9-19-21-11-12-24-31-17(16-3-1-2-4-23(16)34(24)38)7-8-20(30(21)31)18-6-5-15(28(22)29(18)19)13-26(25)32(36)33(27)37/h1-12,14H,13H2. The van der Waals surface area contributed by atoms with E-state index in [1.165, 1.54) is 37.9 Å². The molecular weight excluding hydrogens is 531 g/mol. The number of halogens is 3. The second-order valence-electron chi connectivity index (χ2n) is 10.3. The molecule has 0 spiro atoms. The van der Waals surface area contributed by atoms with Gasteiger partial charge < -0.3 is 0 Å². The summed E-state index contributed by atoms with van der Waals surface area (Å²) in [6.45, 7) is 0. The van der Waals surface area contributed by atoms with Gasteiger partial charge in [0.2, 0.25) is 0 Å². The first-order chi connectivity index (χ1) is 18.5. The Balaban J connectivity index is 1.48. The fourth-order valence-corrected chi connectivity index (χ4v) is 7.73. The van der Waals surface area contributed by atoms with Crippen LogP contribution in [0.25, 0.3) is 65.3 Å². The molecule has 7 aromatic rings. The highest BCUT2D eigenvalue weighted by molar-refractivity contribution is 6.49. The van der Waals surface area contributed by atoms with Crippen LogP contribution in [0, 0.1) is 0 Å². The van der Waals surface area contributed by atoms with Crippen molar-refractivity contribution in [2.75, 3.05) is 0 Å². The van der Waals surface area contributed by atoms with E-state index in [2.05, 4.69) is 48.5 Å². The second kappa shape index (κ2) is 7.07. The monoisotopic (exact) mass is 544 g/mol. The van der Waals surface area contributed by atoms with Crippen molar-refractivity contribution in [2.24, 2.45) is 0 Å². The molecule has 2 aliphatic carbocycles. The minimum Gasteiger partial charge on any atom is -0.289 e. The van der Waals surface area contributed by atoms with Gasteiger partial charge in [0.1, 0.15) is 0 Å². The smallest absolute Gasteiger partial charge is 0.194 e. The molecule has 0 radical (unpaired) electrons. The lowest BCUT2D eigenvalue weighted by Crippen LogP contribution is -2.10. The molecule has 0 N–H and O–H groups in total. The van der Waals surface area contributed by atoms with E-state index < -0.39 is 0 Å². The molecule has 0 aliphatic heterocycles. The molecule has 9 rings (SSSR count). The maximum absolute atomic E-state index is 13.6. The fraction of sp³-hybridized carbons (Fsp3) is 0.0294. The van der Waals surface area contributed by atoms with E-state index in [4.69, 9.17) is 34.8 Å². The van der Waals surface area contributed by atoms with Crippen LogP contribution in [0.5, 0.6) is 0 Å². The Morgan fingerprint density at radius 2 is 1.08 bits per heavy atom. The maximum atomic E-state index is 13.6. The first-order valence-corrected chi connectivity index (χ1v) is 13.7. The van der Waals surface area contributed by atoms with Gasteiger partial charge in [0, 0.05) is 22.9 Å². The third-order valence-electron chi connectivity index (χ3n) is 8.62. The van der Waals surface area contributed by atoms with Crippen LogP contribution in [0.3, 0.4) is 0 Å². The summed E-state index contributed by atoms with van der Waals surface area (Å²) in [6.07, 6.45) is 0.698. The predicted molar refractivity (Wildman–Crippen MR) is 160 cm³/mol. The molecular formula is C34H15Cl3O. The van der Waals surface area contributed by atoms with Crippen molar-refractivity contribution in [1.82, 2.24) is 0 Å². The van der Waals surface area contributed by atoms with E-state index in [1.54, 1.807) is 0 Å². The summed E-state index contributed by atoms with van der Waals surface area (Å²) in [5.74, 6) is 0.0943. The highest BCUT2D eigenvalue weighted by atomic mass is 35.5. The van der Waals surface area contributed by atoms with Crippen LogP contribution in [-0.4, -0.2) is 5.78 Å². The average molecular weight is 546 g/mol. The van der Waals surface area contributed by atoms with Crippen LogP contribution in [0.1, 0.15) is 27.0 Å². The van der Waals surface area contributed by atoms with Gasteiger partial charge in [0.25, 0.3) is 0 Å². The first-order valence-electron chi connectivity index (χ1n) is 12.5. The van der Waals surface area contributed by atoms with E-state index in [9.17, 15) is 4.79 Å². The van der Waals surface area contributed by atoms with Gasteiger partial charge in [0.05, 0.1) is 15.1 Å². The summed E-state index contributed by atoms with van der Waals surface area (Å²) in [6, 6.07) is 27.3. The van der Waals surface area contributed by atoms with Crippen molar-refractivity contribution >= 4 is 83.7 Å². The number of carbonyl (C=O) groups is 1. The molecule has 0 saturated heterocycles. The van der Waals surface area contributed by atoms with Crippen molar-refractivity contribution in [3.8, 4) is 22.3 Å². The van der Waals surface area contributed by atoms with E-state index in [0.29, 0.717) is 21.5 Å². The lowest BCUT2D eigenvalue weighted by atomic mass is 9.77. The zero-order valence-electron chi connectivity index (χ0n) is 19.8. The van der Waals surface area contributed by atoms with Gasteiger partial charge in [-0.15, -0.1) is 0 Å². The van der Waals surface area contributed by atoms with Gasteiger partial charge in [-0.2, -0.15) is 0 Å². The van der Waals surface area contributed by atoms with Crippen LogP contribution in [0.2, 0.25) is 15.1 Å². The van der Waals surface area contributed by atoms with Crippen LogP contribution in [0.4, 0.5) is 0 Å². The Morgan fingerprint density at radius 1 is 0.500 bits per heavy atom. The van der Waals surface area contributed by atoms with Gasteiger partial charge in [-0.1, -0.05) is 102 Å². The molecule has 0 unspecified atom stereocenters. The molecule has 0 fully saturated rings. The van der Waals surface area contributed by atoms with Gasteiger partial charge in [-0.3, -0.25) is 4.79 Å². The molecule has 4 heteroatoms. The highest BCUT2D eigenvalue weighted by Crippen LogP contribution is 2.52. The summed E-state index contributed by atoms with van der Waals surface area (Å²) in [5.41, 5.74) is 8.10. The minimum absolute atomic E-state index is 0.0943. The summed E-state index contributed by atoms with van der Waals surface area (Å²) in [5, 5.41) is 10.8. The van der Waals surface area contributed by atoms with Crippen molar-refractivity contribution < 1.29 is 4.79 Å². The molecule has 0 heterocycles. The highest BCUT2D eigenvalue weighted by Gasteiger charge is 2.29. The number of carbonyl (C=O) groups excluding carboxylic acids is 1. The van der Waals surface area contributed by atoms with Gasteiger partial charge >= 0.3 is 0 Å². The fourth-order valence-electron chi connectivity index (χ4n) is 7.04. The molecule has 0 atom stereocenters. The number of hydrogen-bond acceptors (Lipinski definition) is 1. The lowest BCUT2D eigenvalue weighted by molar-refractivity contribution is 0.104. The Labute approximate surface area is 232 Å². The average Bonchev–Trinajstić information content (AvgIpc) is 2.95. The van der Waals surface area contributed by atoms with E-state index in [0.717, 1.165) is 49.7 Å². The maximum Gasteiger partial charge on any atom is 0.194 e. The summed E-state index contributed by atoms with van der Waals surface area (Å²) < 4.78 is 0. The number of ketones is 1. The second-order valence-corrected chi connectivity index (χ2v) is 11.5. The molecule has 1 nitrogen and oxygen atoms in total. The number of hydrogen-bond donors (Lipinski definition) is 0. The summed E-state index contributed by atoms with van der Waals surface area (Å²) >= 11 is 19.6. The molecule has 0 bridgehead atoms. The van der Waals surface area contributed by atoms with Crippen LogP contribution in [-0.2, 0) is 6.42 Å².